The summed E-state index contributed by atoms with van der Waals surface area (Å²) in [5.74, 6) is 0.747. The average molecular weight is 473 g/mol. The van der Waals surface area contributed by atoms with Crippen LogP contribution in [-0.4, -0.2) is 33.7 Å². The van der Waals surface area contributed by atoms with Crippen molar-refractivity contribution in [2.75, 3.05) is 7.11 Å². The number of amides is 1. The quantitative estimate of drug-likeness (QED) is 0.448. The first-order valence-electron chi connectivity index (χ1n) is 10.7. The largest absolute Gasteiger partial charge is 0.497 e. The second kappa shape index (κ2) is 9.43. The molecule has 0 spiro atoms. The van der Waals surface area contributed by atoms with Gasteiger partial charge in [-0.25, -0.2) is 9.78 Å². The molecule has 0 radical (unpaired) electrons. The molecule has 1 amide bonds. The predicted molar refractivity (Wildman–Crippen MR) is 128 cm³/mol. The number of benzene rings is 1. The van der Waals surface area contributed by atoms with Crippen LogP contribution in [0, 0.1) is 5.92 Å². The fourth-order valence-corrected chi connectivity index (χ4v) is 4.18. The first kappa shape index (κ1) is 24.6. The third-order valence-corrected chi connectivity index (χ3v) is 5.68. The van der Waals surface area contributed by atoms with E-state index in [4.69, 9.17) is 20.8 Å². The molecule has 33 heavy (non-hydrogen) atoms. The Balaban J connectivity index is 2.34. The van der Waals surface area contributed by atoms with E-state index in [1.165, 1.54) is 11.0 Å². The van der Waals surface area contributed by atoms with Crippen molar-refractivity contribution in [3.63, 3.8) is 0 Å². The van der Waals surface area contributed by atoms with Crippen molar-refractivity contribution in [3.05, 3.63) is 68.7 Å². The predicted octanol–water partition coefficient (Wildman–Crippen LogP) is 5.92. The lowest BCUT2D eigenvalue weighted by atomic mass is 9.90. The fraction of sp³-hybridized carbons (Fsp3) is 0.400. The first-order chi connectivity index (χ1) is 15.4. The molecular weight excluding hydrogens is 444 g/mol. The van der Waals surface area contributed by atoms with Gasteiger partial charge in [-0.15, -0.1) is 0 Å². The van der Waals surface area contributed by atoms with Crippen molar-refractivity contribution >= 4 is 28.8 Å². The standard InChI is InChI=1S/C25H29ClN2O5/c1-14(2)20(28(24(30)31)25(3,4)5)22-18(13-15-8-7-9-16(12-15)32-6)21(29)17-10-11-19(26)27-23(17)33-22/h7-12,14,20H,13H2,1-6H3,(H,30,31). The third kappa shape index (κ3) is 5.14. The molecule has 1 N–H and O–H groups in total. The van der Waals surface area contributed by atoms with E-state index in [0.29, 0.717) is 16.7 Å². The van der Waals surface area contributed by atoms with Gasteiger partial charge in [-0.3, -0.25) is 9.69 Å². The Hall–Kier alpha value is -3.06. The molecule has 1 aromatic carbocycles. The number of ether oxygens (including phenoxy) is 1. The lowest BCUT2D eigenvalue weighted by molar-refractivity contribution is 0.0445. The van der Waals surface area contributed by atoms with E-state index < -0.39 is 17.7 Å². The highest BCUT2D eigenvalue weighted by Crippen LogP contribution is 2.37. The van der Waals surface area contributed by atoms with Gasteiger partial charge in [0.1, 0.15) is 16.7 Å². The Labute approximate surface area is 198 Å². The molecule has 0 bridgehead atoms. The number of halogens is 1. The zero-order valence-electron chi connectivity index (χ0n) is 19.7. The van der Waals surface area contributed by atoms with Gasteiger partial charge < -0.3 is 14.3 Å². The van der Waals surface area contributed by atoms with Crippen molar-refractivity contribution in [1.82, 2.24) is 9.88 Å². The zero-order valence-corrected chi connectivity index (χ0v) is 20.4. The summed E-state index contributed by atoms with van der Waals surface area (Å²) < 4.78 is 11.5. The maximum atomic E-state index is 13.6. The number of methoxy groups -OCH3 is 1. The number of carboxylic acid groups (broad SMARTS) is 1. The molecular formula is C25H29ClN2O5. The van der Waals surface area contributed by atoms with Crippen LogP contribution in [0.1, 0.15) is 57.5 Å². The Kier molecular flexibility index (Phi) is 7.03. The molecule has 0 fully saturated rings. The number of pyridine rings is 1. The molecule has 2 aromatic heterocycles. The molecule has 176 valence electrons. The monoisotopic (exact) mass is 472 g/mol. The summed E-state index contributed by atoms with van der Waals surface area (Å²) in [5, 5.41) is 10.6. The number of carbonyl (C=O) groups is 1. The second-order valence-electron chi connectivity index (χ2n) is 9.30. The Morgan fingerprint density at radius 2 is 1.94 bits per heavy atom. The summed E-state index contributed by atoms with van der Waals surface area (Å²) in [5.41, 5.74) is 0.298. The van der Waals surface area contributed by atoms with Crippen LogP contribution < -0.4 is 10.2 Å². The molecule has 0 saturated carbocycles. The van der Waals surface area contributed by atoms with Gasteiger partial charge in [-0.05, 0) is 56.5 Å². The van der Waals surface area contributed by atoms with Crippen molar-refractivity contribution in [3.8, 4) is 5.75 Å². The van der Waals surface area contributed by atoms with E-state index in [1.54, 1.807) is 13.2 Å². The molecule has 0 saturated heterocycles. The Morgan fingerprint density at radius 1 is 1.24 bits per heavy atom. The maximum Gasteiger partial charge on any atom is 0.408 e. The van der Waals surface area contributed by atoms with Crippen LogP contribution in [0.2, 0.25) is 5.15 Å². The molecule has 0 aliphatic heterocycles. The van der Waals surface area contributed by atoms with Crippen LogP contribution >= 0.6 is 11.6 Å². The van der Waals surface area contributed by atoms with Gasteiger partial charge in [-0.1, -0.05) is 37.6 Å². The molecule has 8 heteroatoms. The molecule has 7 nitrogen and oxygen atoms in total. The van der Waals surface area contributed by atoms with Gasteiger partial charge in [0, 0.05) is 17.5 Å². The van der Waals surface area contributed by atoms with E-state index in [2.05, 4.69) is 4.98 Å². The van der Waals surface area contributed by atoms with Crippen molar-refractivity contribution in [1.29, 1.82) is 0 Å². The highest BCUT2D eigenvalue weighted by Gasteiger charge is 2.39. The fourth-order valence-electron chi connectivity index (χ4n) is 4.04. The van der Waals surface area contributed by atoms with Crippen LogP contribution in [0.25, 0.3) is 11.1 Å². The summed E-state index contributed by atoms with van der Waals surface area (Å²) in [7, 11) is 1.58. The smallest absolute Gasteiger partial charge is 0.408 e. The summed E-state index contributed by atoms with van der Waals surface area (Å²) in [6.45, 7) is 9.24. The molecule has 3 aromatic rings. The summed E-state index contributed by atoms with van der Waals surface area (Å²) in [4.78, 5) is 31.6. The first-order valence-corrected chi connectivity index (χ1v) is 11.1. The van der Waals surface area contributed by atoms with Gasteiger partial charge >= 0.3 is 6.09 Å². The maximum absolute atomic E-state index is 13.6. The second-order valence-corrected chi connectivity index (χ2v) is 9.69. The summed E-state index contributed by atoms with van der Waals surface area (Å²) in [6.07, 6.45) is -0.857. The van der Waals surface area contributed by atoms with E-state index in [0.717, 1.165) is 5.56 Å². The third-order valence-electron chi connectivity index (χ3n) is 5.47. The SMILES string of the molecule is COc1cccc(Cc2c(C(C(C)C)N(C(=O)O)C(C)(C)C)oc3nc(Cl)ccc3c2=O)c1. The van der Waals surface area contributed by atoms with E-state index >= 15 is 0 Å². The van der Waals surface area contributed by atoms with E-state index in [-0.39, 0.29) is 34.4 Å². The minimum Gasteiger partial charge on any atom is -0.497 e. The topological polar surface area (TPSA) is 92.9 Å². The minimum atomic E-state index is -1.10. The van der Waals surface area contributed by atoms with Gasteiger partial charge in [0.2, 0.25) is 5.71 Å². The van der Waals surface area contributed by atoms with Gasteiger partial charge in [-0.2, -0.15) is 0 Å². The van der Waals surface area contributed by atoms with E-state index in [9.17, 15) is 14.7 Å². The number of aromatic nitrogens is 1. The Morgan fingerprint density at radius 3 is 2.52 bits per heavy atom. The average Bonchev–Trinajstić information content (AvgIpc) is 2.72. The molecule has 0 aliphatic carbocycles. The normalized spacial score (nSPS) is 12.7. The van der Waals surface area contributed by atoms with E-state index in [1.807, 2.05) is 58.9 Å². The summed E-state index contributed by atoms with van der Waals surface area (Å²) >= 11 is 6.06. The molecule has 3 rings (SSSR count). The zero-order chi connectivity index (χ0) is 24.5. The molecule has 1 atom stereocenters. The minimum absolute atomic E-state index is 0.0850. The van der Waals surface area contributed by atoms with Crippen LogP contribution in [0.4, 0.5) is 4.79 Å². The number of hydrogen-bond donors (Lipinski definition) is 1. The van der Waals surface area contributed by atoms with Gasteiger partial charge in [0.25, 0.3) is 0 Å². The van der Waals surface area contributed by atoms with Gasteiger partial charge in [0.05, 0.1) is 18.5 Å². The highest BCUT2D eigenvalue weighted by atomic mass is 35.5. The summed E-state index contributed by atoms with van der Waals surface area (Å²) in [6, 6.07) is 9.79. The van der Waals surface area contributed by atoms with Crippen LogP contribution in [0.5, 0.6) is 5.75 Å². The molecule has 0 aliphatic rings. The van der Waals surface area contributed by atoms with Crippen LogP contribution in [0.15, 0.2) is 45.6 Å². The lowest BCUT2D eigenvalue weighted by Crippen LogP contribution is -2.49. The van der Waals surface area contributed by atoms with Crippen LogP contribution in [0.3, 0.4) is 0 Å². The molecule has 1 unspecified atom stereocenters. The van der Waals surface area contributed by atoms with Crippen molar-refractivity contribution in [2.24, 2.45) is 5.92 Å². The number of fused-ring (bicyclic) bond motifs is 1. The Bertz CT molecular complexity index is 1230. The van der Waals surface area contributed by atoms with Gasteiger partial charge in [0.15, 0.2) is 5.43 Å². The number of nitrogens with zero attached hydrogens (tertiary/aromatic N) is 2. The van der Waals surface area contributed by atoms with Crippen LogP contribution in [-0.2, 0) is 6.42 Å². The number of hydrogen-bond acceptors (Lipinski definition) is 5. The highest BCUT2D eigenvalue weighted by molar-refractivity contribution is 6.29. The van der Waals surface area contributed by atoms with Crippen molar-refractivity contribution in [2.45, 2.75) is 52.6 Å². The molecule has 2 heterocycles. The number of rotatable bonds is 6. The lowest BCUT2D eigenvalue weighted by Gasteiger charge is -2.41. The van der Waals surface area contributed by atoms with Crippen molar-refractivity contribution < 1.29 is 19.1 Å².